The minimum atomic E-state index is 0.700. The number of piperidine rings is 1. The molecule has 1 N–H and O–H groups in total. The first-order valence-corrected chi connectivity index (χ1v) is 6.22. The van der Waals surface area contributed by atoms with Gasteiger partial charge in [0.1, 0.15) is 5.52 Å². The third kappa shape index (κ3) is 1.37. The molecular weight excluding hydrogens is 214 g/mol. The second-order valence-electron chi connectivity index (χ2n) is 4.97. The molecule has 0 bridgehead atoms. The van der Waals surface area contributed by atoms with Crippen molar-refractivity contribution in [3.05, 3.63) is 24.6 Å². The summed E-state index contributed by atoms with van der Waals surface area (Å²) in [4.78, 5) is 6.89. The van der Waals surface area contributed by atoms with Gasteiger partial charge in [-0.1, -0.05) is 0 Å². The fraction of sp³-hybridized carbons (Fsp3) is 0.462. The van der Waals surface area contributed by atoms with E-state index in [9.17, 15) is 0 Å². The zero-order valence-electron chi connectivity index (χ0n) is 9.60. The Morgan fingerprint density at radius 3 is 3.41 bits per heavy atom. The van der Waals surface area contributed by atoms with E-state index in [2.05, 4.69) is 21.3 Å². The molecule has 4 rings (SSSR count). The van der Waals surface area contributed by atoms with Crippen LogP contribution in [0.3, 0.4) is 0 Å². The molecule has 4 heterocycles. The number of pyridine rings is 1. The molecule has 0 spiro atoms. The summed E-state index contributed by atoms with van der Waals surface area (Å²) in [6.45, 7) is 3.44. The van der Waals surface area contributed by atoms with Gasteiger partial charge >= 0.3 is 0 Å². The average molecular weight is 229 g/mol. The Bertz CT molecular complexity index is 550. The number of rotatable bonds is 1. The summed E-state index contributed by atoms with van der Waals surface area (Å²) >= 11 is 0. The maximum Gasteiger partial charge on any atom is 0.154 e. The van der Waals surface area contributed by atoms with Crippen LogP contribution in [-0.4, -0.2) is 30.7 Å². The average Bonchev–Trinajstić information content (AvgIpc) is 2.78. The first-order chi connectivity index (χ1) is 8.42. The Balaban J connectivity index is 1.65. The van der Waals surface area contributed by atoms with Crippen LogP contribution in [-0.2, 0) is 0 Å². The van der Waals surface area contributed by atoms with Gasteiger partial charge in [0.2, 0.25) is 0 Å². The van der Waals surface area contributed by atoms with E-state index in [1.807, 2.05) is 12.3 Å². The molecule has 0 aliphatic carbocycles. The molecule has 2 aliphatic heterocycles. The van der Waals surface area contributed by atoms with E-state index in [1.54, 1.807) is 6.26 Å². The summed E-state index contributed by atoms with van der Waals surface area (Å²) in [6, 6.07) is 4.72. The predicted octanol–water partition coefficient (Wildman–Crippen LogP) is 1.63. The largest absolute Gasteiger partial charge is 0.463 e. The molecule has 2 aromatic rings. The molecule has 88 valence electrons. The number of aromatic nitrogens is 1. The van der Waals surface area contributed by atoms with E-state index in [4.69, 9.17) is 4.42 Å². The minimum Gasteiger partial charge on any atom is -0.463 e. The highest BCUT2D eigenvalue weighted by Crippen LogP contribution is 2.35. The summed E-state index contributed by atoms with van der Waals surface area (Å²) in [5, 5.41) is 3.45. The van der Waals surface area contributed by atoms with Gasteiger partial charge in [0, 0.05) is 37.2 Å². The molecule has 0 aromatic carbocycles. The lowest BCUT2D eigenvalue weighted by atomic mass is 9.83. The van der Waals surface area contributed by atoms with Gasteiger partial charge in [-0.05, 0) is 13.0 Å². The van der Waals surface area contributed by atoms with Crippen molar-refractivity contribution in [1.29, 1.82) is 0 Å². The summed E-state index contributed by atoms with van der Waals surface area (Å²) in [7, 11) is 0. The van der Waals surface area contributed by atoms with Gasteiger partial charge in [0.15, 0.2) is 5.58 Å². The van der Waals surface area contributed by atoms with Crippen LogP contribution in [0.15, 0.2) is 29.0 Å². The smallest absolute Gasteiger partial charge is 0.154 e. The minimum absolute atomic E-state index is 0.700. The third-order valence-electron chi connectivity index (χ3n) is 4.02. The number of nitrogens with one attached hydrogen (secondary N) is 1. The first kappa shape index (κ1) is 9.48. The van der Waals surface area contributed by atoms with Crippen LogP contribution < -0.4 is 10.2 Å². The highest BCUT2D eigenvalue weighted by molar-refractivity contribution is 5.76. The van der Waals surface area contributed by atoms with E-state index >= 15 is 0 Å². The molecule has 2 fully saturated rings. The number of nitrogens with zero attached hydrogens (tertiary/aromatic N) is 2. The van der Waals surface area contributed by atoms with Crippen LogP contribution in [0.1, 0.15) is 6.42 Å². The Kier molecular flexibility index (Phi) is 1.93. The Morgan fingerprint density at radius 1 is 1.47 bits per heavy atom. The second-order valence-corrected chi connectivity index (χ2v) is 4.97. The quantitative estimate of drug-likeness (QED) is 0.807. The normalized spacial score (nSPS) is 27.9. The molecule has 0 radical (unpaired) electrons. The zero-order chi connectivity index (χ0) is 11.2. The van der Waals surface area contributed by atoms with E-state index in [1.165, 1.54) is 12.1 Å². The van der Waals surface area contributed by atoms with Crippen molar-refractivity contribution in [1.82, 2.24) is 10.3 Å². The predicted molar refractivity (Wildman–Crippen MR) is 66.1 cm³/mol. The molecule has 0 saturated carbocycles. The molecule has 2 saturated heterocycles. The van der Waals surface area contributed by atoms with Gasteiger partial charge in [0.25, 0.3) is 0 Å². The van der Waals surface area contributed by atoms with Crippen molar-refractivity contribution in [2.24, 2.45) is 5.92 Å². The number of fused-ring (bicyclic) bond motifs is 2. The van der Waals surface area contributed by atoms with E-state index in [0.29, 0.717) is 6.04 Å². The molecule has 4 heteroatoms. The highest BCUT2D eigenvalue weighted by atomic mass is 16.3. The maximum atomic E-state index is 5.41. The fourth-order valence-electron chi connectivity index (χ4n) is 3.05. The molecule has 0 amide bonds. The SMILES string of the molecule is c1cc2ncc(N3C[C@H]4CNCC[C@H]43)cc2o1. The van der Waals surface area contributed by atoms with Crippen LogP contribution in [0, 0.1) is 5.92 Å². The fourth-order valence-corrected chi connectivity index (χ4v) is 3.05. The topological polar surface area (TPSA) is 41.3 Å². The summed E-state index contributed by atoms with van der Waals surface area (Å²) in [5.74, 6) is 0.816. The summed E-state index contributed by atoms with van der Waals surface area (Å²) in [6.07, 6.45) is 4.90. The van der Waals surface area contributed by atoms with Crippen molar-refractivity contribution in [3.8, 4) is 0 Å². The molecule has 0 unspecified atom stereocenters. The summed E-state index contributed by atoms with van der Waals surface area (Å²) in [5.41, 5.74) is 3.03. The van der Waals surface area contributed by atoms with Crippen LogP contribution in [0.25, 0.3) is 11.1 Å². The van der Waals surface area contributed by atoms with Gasteiger partial charge in [-0.15, -0.1) is 0 Å². The van der Waals surface area contributed by atoms with Gasteiger partial charge in [-0.2, -0.15) is 0 Å². The highest BCUT2D eigenvalue weighted by Gasteiger charge is 2.40. The molecule has 4 nitrogen and oxygen atoms in total. The van der Waals surface area contributed by atoms with Gasteiger partial charge in [0.05, 0.1) is 18.1 Å². The Hall–Kier alpha value is -1.55. The monoisotopic (exact) mass is 229 g/mol. The lowest BCUT2D eigenvalue weighted by Gasteiger charge is -2.52. The van der Waals surface area contributed by atoms with Gasteiger partial charge in [-0.3, -0.25) is 4.98 Å². The van der Waals surface area contributed by atoms with Gasteiger partial charge in [-0.25, -0.2) is 0 Å². The Labute approximate surface area is 99.6 Å². The lowest BCUT2D eigenvalue weighted by molar-refractivity contribution is 0.230. The molecule has 17 heavy (non-hydrogen) atoms. The summed E-state index contributed by atoms with van der Waals surface area (Å²) < 4.78 is 5.41. The van der Waals surface area contributed by atoms with Crippen LogP contribution in [0.5, 0.6) is 0 Å². The van der Waals surface area contributed by atoms with Crippen molar-refractivity contribution in [3.63, 3.8) is 0 Å². The molecule has 2 aliphatic rings. The number of hydrogen-bond donors (Lipinski definition) is 1. The first-order valence-electron chi connectivity index (χ1n) is 6.22. The Morgan fingerprint density at radius 2 is 2.47 bits per heavy atom. The number of furan rings is 1. The number of hydrogen-bond acceptors (Lipinski definition) is 4. The standard InChI is InChI=1S/C13H15N3O/c1-3-14-6-9-8-16(12(1)9)10-5-13-11(15-7-10)2-4-17-13/h2,4-5,7,9,12,14H,1,3,6,8H2/t9-,12-/m1/s1. The molecule has 2 atom stereocenters. The molecule has 2 aromatic heterocycles. The van der Waals surface area contributed by atoms with Gasteiger partial charge < -0.3 is 14.6 Å². The maximum absolute atomic E-state index is 5.41. The number of anilines is 1. The van der Waals surface area contributed by atoms with E-state index < -0.39 is 0 Å². The van der Waals surface area contributed by atoms with Crippen LogP contribution >= 0.6 is 0 Å². The molecular formula is C13H15N3O. The van der Waals surface area contributed by atoms with Crippen LogP contribution in [0.2, 0.25) is 0 Å². The van der Waals surface area contributed by atoms with Crippen molar-refractivity contribution in [2.45, 2.75) is 12.5 Å². The van der Waals surface area contributed by atoms with E-state index in [0.717, 1.165) is 36.7 Å². The van der Waals surface area contributed by atoms with Crippen LogP contribution in [0.4, 0.5) is 5.69 Å². The lowest BCUT2D eigenvalue weighted by Crippen LogP contribution is -2.63. The van der Waals surface area contributed by atoms with Crippen molar-refractivity contribution >= 4 is 16.8 Å². The van der Waals surface area contributed by atoms with Crippen molar-refractivity contribution < 1.29 is 4.42 Å². The van der Waals surface area contributed by atoms with Crippen molar-refractivity contribution in [2.75, 3.05) is 24.5 Å². The third-order valence-corrected chi connectivity index (χ3v) is 4.02. The zero-order valence-corrected chi connectivity index (χ0v) is 9.60. The van der Waals surface area contributed by atoms with E-state index in [-0.39, 0.29) is 0 Å². The second kappa shape index (κ2) is 3.47.